The lowest BCUT2D eigenvalue weighted by atomic mass is 10.1. The van der Waals surface area contributed by atoms with Gasteiger partial charge in [-0.15, -0.1) is 11.3 Å². The molecule has 0 bridgehead atoms. The van der Waals surface area contributed by atoms with E-state index in [4.69, 9.17) is 0 Å². The van der Waals surface area contributed by atoms with E-state index in [9.17, 15) is 14.0 Å². The summed E-state index contributed by atoms with van der Waals surface area (Å²) in [6, 6.07) is 11.4. The van der Waals surface area contributed by atoms with Crippen LogP contribution in [0.1, 0.15) is 40.0 Å². The fourth-order valence-electron chi connectivity index (χ4n) is 3.68. The fraction of sp³-hybridized carbons (Fsp3) is 0.261. The molecule has 3 aromatic rings. The Morgan fingerprint density at radius 1 is 1.20 bits per heavy atom. The van der Waals surface area contributed by atoms with Gasteiger partial charge in [-0.25, -0.2) is 9.37 Å². The van der Waals surface area contributed by atoms with E-state index in [1.54, 1.807) is 28.0 Å². The molecule has 1 aliphatic rings. The Labute approximate surface area is 178 Å². The number of amides is 2. The number of nitrogens with zero attached hydrogens (tertiary/aromatic N) is 3. The van der Waals surface area contributed by atoms with Crippen LogP contribution in [0.4, 0.5) is 15.8 Å². The summed E-state index contributed by atoms with van der Waals surface area (Å²) in [6.07, 6.45) is 1.18. The first-order valence-corrected chi connectivity index (χ1v) is 10.8. The average molecular weight is 424 g/mol. The van der Waals surface area contributed by atoms with Gasteiger partial charge in [0.25, 0.3) is 5.91 Å². The normalized spacial score (nSPS) is 12.7. The number of aryl methyl sites for hydroxylation is 1. The zero-order valence-corrected chi connectivity index (χ0v) is 17.7. The molecule has 0 fully saturated rings. The van der Waals surface area contributed by atoms with E-state index in [0.717, 1.165) is 28.4 Å². The molecule has 2 aromatic carbocycles. The number of fused-ring (bicyclic) bond motifs is 1. The highest BCUT2D eigenvalue weighted by Crippen LogP contribution is 2.30. The third-order valence-electron chi connectivity index (χ3n) is 5.20. The molecular formula is C23H22FN3O2S. The summed E-state index contributed by atoms with van der Waals surface area (Å²) in [4.78, 5) is 33.4. The number of anilines is 2. The highest BCUT2D eigenvalue weighted by molar-refractivity contribution is 7.09. The average Bonchev–Trinajstić information content (AvgIpc) is 3.37. The van der Waals surface area contributed by atoms with Crippen molar-refractivity contribution in [1.82, 2.24) is 4.98 Å². The zero-order valence-electron chi connectivity index (χ0n) is 16.9. The van der Waals surface area contributed by atoms with Gasteiger partial charge >= 0.3 is 0 Å². The third-order valence-corrected chi connectivity index (χ3v) is 6.02. The first kappa shape index (κ1) is 20.2. The number of hydrogen-bond donors (Lipinski definition) is 0. The highest BCUT2D eigenvalue weighted by Gasteiger charge is 2.26. The number of hydrogen-bond acceptors (Lipinski definition) is 4. The second-order valence-electron chi connectivity index (χ2n) is 7.22. The van der Waals surface area contributed by atoms with Crippen LogP contribution in [0.5, 0.6) is 0 Å². The Bertz CT molecular complexity index is 1090. The number of halogens is 1. The first-order chi connectivity index (χ1) is 14.5. The predicted molar refractivity (Wildman–Crippen MR) is 117 cm³/mol. The van der Waals surface area contributed by atoms with E-state index in [0.29, 0.717) is 30.8 Å². The summed E-state index contributed by atoms with van der Waals surface area (Å²) in [5.41, 5.74) is 3.80. The van der Waals surface area contributed by atoms with Crippen molar-refractivity contribution in [3.8, 4) is 0 Å². The molecule has 4 rings (SSSR count). The summed E-state index contributed by atoms with van der Waals surface area (Å²) in [5.74, 6) is -0.455. The quantitative estimate of drug-likeness (QED) is 0.596. The van der Waals surface area contributed by atoms with Gasteiger partial charge in [0.1, 0.15) is 5.82 Å². The summed E-state index contributed by atoms with van der Waals surface area (Å²) in [7, 11) is 0. The summed E-state index contributed by atoms with van der Waals surface area (Å²) >= 11 is 1.53. The van der Waals surface area contributed by atoms with E-state index in [2.05, 4.69) is 4.98 Å². The van der Waals surface area contributed by atoms with Gasteiger partial charge < -0.3 is 9.80 Å². The van der Waals surface area contributed by atoms with Gasteiger partial charge in [0.2, 0.25) is 5.91 Å². The SMILES string of the molecule is CCC(=O)N1CCc2cc(C(=O)N(Cc3csc(C)n3)c3ccc(F)cc3)ccc21. The molecule has 0 saturated heterocycles. The fourth-order valence-corrected chi connectivity index (χ4v) is 4.29. The molecule has 2 heterocycles. The van der Waals surface area contributed by atoms with Crippen LogP contribution in [0, 0.1) is 12.7 Å². The van der Waals surface area contributed by atoms with Crippen molar-refractivity contribution in [1.29, 1.82) is 0 Å². The van der Waals surface area contributed by atoms with E-state index in [-0.39, 0.29) is 17.6 Å². The van der Waals surface area contributed by atoms with Crippen LogP contribution in [0.15, 0.2) is 47.8 Å². The number of aromatic nitrogens is 1. The van der Waals surface area contributed by atoms with Crippen LogP contribution in [0.3, 0.4) is 0 Å². The van der Waals surface area contributed by atoms with Gasteiger partial charge in [0, 0.05) is 35.3 Å². The summed E-state index contributed by atoms with van der Waals surface area (Å²) in [6.45, 7) is 4.70. The molecule has 30 heavy (non-hydrogen) atoms. The van der Waals surface area contributed by atoms with Gasteiger partial charge in [0.05, 0.1) is 17.2 Å². The predicted octanol–water partition coefficient (Wildman–Crippen LogP) is 4.74. The van der Waals surface area contributed by atoms with Gasteiger partial charge in [-0.3, -0.25) is 9.59 Å². The summed E-state index contributed by atoms with van der Waals surface area (Å²) in [5, 5.41) is 2.85. The van der Waals surface area contributed by atoms with Crippen molar-refractivity contribution >= 4 is 34.5 Å². The highest BCUT2D eigenvalue weighted by atomic mass is 32.1. The second-order valence-corrected chi connectivity index (χ2v) is 8.28. The molecule has 0 atom stereocenters. The molecule has 1 aliphatic heterocycles. The number of thiazole rings is 1. The van der Waals surface area contributed by atoms with Crippen LogP contribution in [-0.2, 0) is 17.8 Å². The maximum Gasteiger partial charge on any atom is 0.258 e. The Hall–Kier alpha value is -3.06. The van der Waals surface area contributed by atoms with Crippen LogP contribution in [0.25, 0.3) is 0 Å². The Morgan fingerprint density at radius 2 is 1.97 bits per heavy atom. The Balaban J connectivity index is 1.66. The Kier molecular flexibility index (Phi) is 5.63. The Morgan fingerprint density at radius 3 is 2.63 bits per heavy atom. The first-order valence-electron chi connectivity index (χ1n) is 9.88. The van der Waals surface area contributed by atoms with Crippen LogP contribution in [0.2, 0.25) is 0 Å². The van der Waals surface area contributed by atoms with Crippen molar-refractivity contribution in [2.75, 3.05) is 16.3 Å². The molecule has 7 heteroatoms. The molecule has 2 amide bonds. The number of rotatable bonds is 5. The molecule has 1 aromatic heterocycles. The number of carbonyl (C=O) groups excluding carboxylic acids is 2. The standard InChI is InChI=1S/C23H22FN3O2S/c1-3-22(28)26-11-10-16-12-17(4-9-21(16)26)23(29)27(13-19-14-30-15(2)25-19)20-7-5-18(24)6-8-20/h4-9,12,14H,3,10-11,13H2,1-2H3. The topological polar surface area (TPSA) is 53.5 Å². The molecule has 0 spiro atoms. The monoisotopic (exact) mass is 423 g/mol. The van der Waals surface area contributed by atoms with Crippen LogP contribution in [-0.4, -0.2) is 23.3 Å². The molecule has 154 valence electrons. The number of benzene rings is 2. The molecular weight excluding hydrogens is 401 g/mol. The lowest BCUT2D eigenvalue weighted by molar-refractivity contribution is -0.118. The van der Waals surface area contributed by atoms with E-state index in [1.807, 2.05) is 31.4 Å². The maximum atomic E-state index is 13.4. The van der Waals surface area contributed by atoms with Gasteiger partial charge in [-0.2, -0.15) is 0 Å². The van der Waals surface area contributed by atoms with Crippen molar-refractivity contribution in [2.24, 2.45) is 0 Å². The smallest absolute Gasteiger partial charge is 0.258 e. The largest absolute Gasteiger partial charge is 0.312 e. The van der Waals surface area contributed by atoms with E-state index >= 15 is 0 Å². The van der Waals surface area contributed by atoms with Gasteiger partial charge in [-0.1, -0.05) is 6.92 Å². The van der Waals surface area contributed by atoms with Gasteiger partial charge in [-0.05, 0) is 61.4 Å². The minimum atomic E-state index is -0.353. The lowest BCUT2D eigenvalue weighted by Gasteiger charge is -2.23. The molecule has 0 saturated carbocycles. The van der Waals surface area contributed by atoms with Crippen molar-refractivity contribution < 1.29 is 14.0 Å². The van der Waals surface area contributed by atoms with Crippen molar-refractivity contribution in [3.63, 3.8) is 0 Å². The lowest BCUT2D eigenvalue weighted by Crippen LogP contribution is -2.31. The summed E-state index contributed by atoms with van der Waals surface area (Å²) < 4.78 is 13.4. The maximum absolute atomic E-state index is 13.4. The van der Waals surface area contributed by atoms with E-state index in [1.165, 1.54) is 23.5 Å². The van der Waals surface area contributed by atoms with Gasteiger partial charge in [0.15, 0.2) is 0 Å². The van der Waals surface area contributed by atoms with Crippen LogP contribution < -0.4 is 9.80 Å². The second kappa shape index (κ2) is 8.36. The molecule has 0 unspecified atom stereocenters. The number of carbonyl (C=O) groups is 2. The van der Waals surface area contributed by atoms with E-state index < -0.39 is 0 Å². The zero-order chi connectivity index (χ0) is 21.3. The minimum Gasteiger partial charge on any atom is -0.312 e. The molecule has 0 N–H and O–H groups in total. The molecule has 0 aliphatic carbocycles. The molecule has 0 radical (unpaired) electrons. The molecule has 5 nitrogen and oxygen atoms in total. The third kappa shape index (κ3) is 3.98. The van der Waals surface area contributed by atoms with Crippen molar-refractivity contribution in [3.05, 3.63) is 75.5 Å². The minimum absolute atomic E-state index is 0.0830. The van der Waals surface area contributed by atoms with Crippen molar-refractivity contribution in [2.45, 2.75) is 33.2 Å². The van der Waals surface area contributed by atoms with Crippen LogP contribution >= 0.6 is 11.3 Å².